The molecule has 1 saturated heterocycles. The molecule has 21 heavy (non-hydrogen) atoms. The SMILES string of the molecule is CC(C)(C)OC(=O)N1CCC(c2cc(Br)ccc2F)CC1. The van der Waals surface area contributed by atoms with Crippen molar-refractivity contribution in [3.63, 3.8) is 0 Å². The largest absolute Gasteiger partial charge is 0.444 e. The maximum absolute atomic E-state index is 13.9. The van der Waals surface area contributed by atoms with Crippen molar-refractivity contribution >= 4 is 22.0 Å². The molecule has 0 aromatic heterocycles. The molecule has 116 valence electrons. The normalized spacial score (nSPS) is 16.9. The molecule has 1 aliphatic heterocycles. The highest BCUT2D eigenvalue weighted by Crippen LogP contribution is 2.32. The maximum Gasteiger partial charge on any atom is 0.410 e. The molecule has 3 nitrogen and oxygen atoms in total. The van der Waals surface area contributed by atoms with Crippen LogP contribution >= 0.6 is 15.9 Å². The molecular formula is C16H21BrFNO2. The number of likely N-dealkylation sites (tertiary alicyclic amines) is 1. The van der Waals surface area contributed by atoms with Crippen molar-refractivity contribution in [3.8, 4) is 0 Å². The van der Waals surface area contributed by atoms with Gasteiger partial charge >= 0.3 is 6.09 Å². The summed E-state index contributed by atoms with van der Waals surface area (Å²) in [5, 5.41) is 0. The molecule has 1 aliphatic rings. The first-order chi connectivity index (χ1) is 9.76. The lowest BCUT2D eigenvalue weighted by atomic mass is 9.89. The van der Waals surface area contributed by atoms with E-state index in [1.807, 2.05) is 26.8 Å². The third-order valence-corrected chi connectivity index (χ3v) is 4.04. The van der Waals surface area contributed by atoms with Gasteiger partial charge in [0.1, 0.15) is 11.4 Å². The highest BCUT2D eigenvalue weighted by Gasteiger charge is 2.28. The van der Waals surface area contributed by atoms with Gasteiger partial charge in [0.25, 0.3) is 0 Å². The number of hydrogen-bond donors (Lipinski definition) is 0. The van der Waals surface area contributed by atoms with Crippen molar-refractivity contribution in [2.45, 2.75) is 45.1 Å². The Morgan fingerprint density at radius 3 is 2.52 bits per heavy atom. The number of ether oxygens (including phenoxy) is 1. The smallest absolute Gasteiger partial charge is 0.410 e. The molecule has 1 aromatic rings. The first kappa shape index (κ1) is 16.3. The summed E-state index contributed by atoms with van der Waals surface area (Å²) in [5.74, 6) is -0.0184. The minimum atomic E-state index is -0.482. The van der Waals surface area contributed by atoms with Crippen molar-refractivity contribution in [3.05, 3.63) is 34.1 Å². The van der Waals surface area contributed by atoms with Gasteiger partial charge in [-0.05, 0) is 63.3 Å². The number of rotatable bonds is 1. The topological polar surface area (TPSA) is 29.5 Å². The molecule has 2 rings (SSSR count). The molecule has 0 unspecified atom stereocenters. The van der Waals surface area contributed by atoms with E-state index in [9.17, 15) is 9.18 Å². The zero-order valence-corrected chi connectivity index (χ0v) is 14.2. The van der Waals surface area contributed by atoms with E-state index in [0.29, 0.717) is 13.1 Å². The molecule has 0 spiro atoms. The van der Waals surface area contributed by atoms with E-state index in [4.69, 9.17) is 4.74 Å². The van der Waals surface area contributed by atoms with Crippen molar-refractivity contribution in [1.29, 1.82) is 0 Å². The quantitative estimate of drug-likeness (QED) is 0.728. The van der Waals surface area contributed by atoms with Gasteiger partial charge in [0, 0.05) is 17.6 Å². The summed E-state index contributed by atoms with van der Waals surface area (Å²) in [7, 11) is 0. The number of amides is 1. The van der Waals surface area contributed by atoms with E-state index < -0.39 is 5.60 Å². The van der Waals surface area contributed by atoms with Gasteiger partial charge in [-0.3, -0.25) is 0 Å². The monoisotopic (exact) mass is 357 g/mol. The molecule has 1 aromatic carbocycles. The Kier molecular flexibility index (Phi) is 4.91. The van der Waals surface area contributed by atoms with Crippen molar-refractivity contribution in [2.24, 2.45) is 0 Å². The number of piperidine rings is 1. The lowest BCUT2D eigenvalue weighted by Gasteiger charge is -2.33. The van der Waals surface area contributed by atoms with E-state index in [2.05, 4.69) is 15.9 Å². The van der Waals surface area contributed by atoms with Crippen molar-refractivity contribution in [1.82, 2.24) is 4.90 Å². The van der Waals surface area contributed by atoms with Crippen LogP contribution in [-0.2, 0) is 4.74 Å². The van der Waals surface area contributed by atoms with Crippen LogP contribution in [0.1, 0.15) is 45.1 Å². The molecule has 0 bridgehead atoms. The molecule has 0 aliphatic carbocycles. The molecule has 5 heteroatoms. The predicted molar refractivity (Wildman–Crippen MR) is 83.9 cm³/mol. The summed E-state index contributed by atoms with van der Waals surface area (Å²) in [5.41, 5.74) is 0.248. The van der Waals surface area contributed by atoms with E-state index >= 15 is 0 Å². The third-order valence-electron chi connectivity index (χ3n) is 3.54. The third kappa shape index (κ3) is 4.43. The van der Waals surface area contributed by atoms with Crippen LogP contribution in [0.4, 0.5) is 9.18 Å². The molecule has 0 atom stereocenters. The zero-order chi connectivity index (χ0) is 15.6. The van der Waals surface area contributed by atoms with Gasteiger partial charge in [0.15, 0.2) is 0 Å². The van der Waals surface area contributed by atoms with Crippen LogP contribution in [0.5, 0.6) is 0 Å². The van der Waals surface area contributed by atoms with E-state index in [1.165, 1.54) is 6.07 Å². The van der Waals surface area contributed by atoms with Gasteiger partial charge in [-0.15, -0.1) is 0 Å². The zero-order valence-electron chi connectivity index (χ0n) is 12.7. The van der Waals surface area contributed by atoms with Crippen LogP contribution in [0.3, 0.4) is 0 Å². The Hall–Kier alpha value is -1.10. The van der Waals surface area contributed by atoms with Gasteiger partial charge in [-0.25, -0.2) is 9.18 Å². The first-order valence-electron chi connectivity index (χ1n) is 7.19. The van der Waals surface area contributed by atoms with Gasteiger partial charge in [-0.1, -0.05) is 15.9 Å². The second-order valence-electron chi connectivity index (χ2n) is 6.41. The fourth-order valence-corrected chi connectivity index (χ4v) is 2.91. The van der Waals surface area contributed by atoms with Crippen LogP contribution in [0, 0.1) is 5.82 Å². The van der Waals surface area contributed by atoms with Gasteiger partial charge in [0.2, 0.25) is 0 Å². The highest BCUT2D eigenvalue weighted by molar-refractivity contribution is 9.10. The summed E-state index contributed by atoms with van der Waals surface area (Å²) in [4.78, 5) is 13.7. The summed E-state index contributed by atoms with van der Waals surface area (Å²) < 4.78 is 20.2. The summed E-state index contributed by atoms with van der Waals surface area (Å²) in [6, 6.07) is 5.03. The Bertz CT molecular complexity index is 519. The van der Waals surface area contributed by atoms with Crippen LogP contribution in [0.15, 0.2) is 22.7 Å². The maximum atomic E-state index is 13.9. The van der Waals surface area contributed by atoms with Crippen molar-refractivity contribution in [2.75, 3.05) is 13.1 Å². The fraction of sp³-hybridized carbons (Fsp3) is 0.562. The summed E-state index contributed by atoms with van der Waals surface area (Å²) >= 11 is 3.38. The van der Waals surface area contributed by atoms with Crippen LogP contribution < -0.4 is 0 Å². The molecular weight excluding hydrogens is 337 g/mol. The van der Waals surface area contributed by atoms with E-state index in [1.54, 1.807) is 11.0 Å². The number of halogens is 2. The lowest BCUT2D eigenvalue weighted by Crippen LogP contribution is -2.41. The second-order valence-corrected chi connectivity index (χ2v) is 7.32. The first-order valence-corrected chi connectivity index (χ1v) is 7.98. The number of hydrogen-bond acceptors (Lipinski definition) is 2. The lowest BCUT2D eigenvalue weighted by molar-refractivity contribution is 0.0204. The second kappa shape index (κ2) is 6.34. The summed E-state index contributed by atoms with van der Waals surface area (Å²) in [6.07, 6.45) is 1.23. The fourth-order valence-electron chi connectivity index (χ4n) is 2.53. The Morgan fingerprint density at radius 1 is 1.33 bits per heavy atom. The van der Waals surface area contributed by atoms with E-state index in [0.717, 1.165) is 22.9 Å². The molecule has 1 fully saturated rings. The van der Waals surface area contributed by atoms with Crippen molar-refractivity contribution < 1.29 is 13.9 Å². The van der Waals surface area contributed by atoms with Gasteiger partial charge in [-0.2, -0.15) is 0 Å². The summed E-state index contributed by atoms with van der Waals surface area (Å²) in [6.45, 7) is 6.77. The van der Waals surface area contributed by atoms with Gasteiger partial charge in [0.05, 0.1) is 0 Å². The number of nitrogens with zero attached hydrogens (tertiary/aromatic N) is 1. The van der Waals surface area contributed by atoms with Crippen LogP contribution in [-0.4, -0.2) is 29.7 Å². The predicted octanol–water partition coefficient (Wildman–Crippen LogP) is 4.70. The minimum Gasteiger partial charge on any atom is -0.444 e. The van der Waals surface area contributed by atoms with Crippen LogP contribution in [0.2, 0.25) is 0 Å². The Balaban J connectivity index is 1.97. The standard InChI is InChI=1S/C16H21BrFNO2/c1-16(2,3)21-15(20)19-8-6-11(7-9-19)13-10-12(17)4-5-14(13)18/h4-5,10-11H,6-9H2,1-3H3. The van der Waals surface area contributed by atoms with Gasteiger partial charge < -0.3 is 9.64 Å². The Labute approximate surface area is 133 Å². The molecule has 0 radical (unpaired) electrons. The Morgan fingerprint density at radius 2 is 1.95 bits per heavy atom. The molecule has 0 N–H and O–H groups in total. The molecule has 1 amide bonds. The number of carbonyl (C=O) groups is 1. The average molecular weight is 358 g/mol. The number of carbonyl (C=O) groups excluding carboxylic acids is 1. The van der Waals surface area contributed by atoms with E-state index in [-0.39, 0.29) is 17.8 Å². The average Bonchev–Trinajstić information content (AvgIpc) is 2.40. The molecule has 0 saturated carbocycles. The minimum absolute atomic E-state index is 0.154. The van der Waals surface area contributed by atoms with Crippen LogP contribution in [0.25, 0.3) is 0 Å². The molecule has 1 heterocycles. The highest BCUT2D eigenvalue weighted by atomic mass is 79.9. The number of benzene rings is 1.